The number of ketones is 1. The van der Waals surface area contributed by atoms with Gasteiger partial charge in [0.15, 0.2) is 17.3 Å². The van der Waals surface area contributed by atoms with E-state index in [0.29, 0.717) is 64.9 Å². The Hall–Kier alpha value is -3.94. The minimum absolute atomic E-state index is 0.0298. The summed E-state index contributed by atoms with van der Waals surface area (Å²) >= 11 is 0. The molecule has 0 fully saturated rings. The zero-order valence-electron chi connectivity index (χ0n) is 23.5. The number of dihydropyridines is 1. The lowest BCUT2D eigenvalue weighted by Crippen LogP contribution is -2.36. The maximum Gasteiger partial charge on any atom is 0.336 e. The highest BCUT2D eigenvalue weighted by atomic mass is 16.5. The number of allylic oxidation sites excluding steroid dienone is 3. The number of rotatable bonds is 10. The topological polar surface area (TPSA) is 92.3 Å². The van der Waals surface area contributed by atoms with E-state index < -0.39 is 11.9 Å². The van der Waals surface area contributed by atoms with E-state index in [1.807, 2.05) is 44.2 Å². The first kappa shape index (κ1) is 28.1. The van der Waals surface area contributed by atoms with Crippen LogP contribution in [0.25, 0.3) is 0 Å². The second kappa shape index (κ2) is 12.3. The lowest BCUT2D eigenvalue weighted by Gasteiger charge is -2.37. The van der Waals surface area contributed by atoms with Gasteiger partial charge in [0.1, 0.15) is 11.5 Å². The van der Waals surface area contributed by atoms with Crippen molar-refractivity contribution in [1.29, 1.82) is 0 Å². The first-order valence-electron chi connectivity index (χ1n) is 13.2. The molecule has 208 valence electrons. The number of nitrogens with one attached hydrogen (secondary N) is 1. The molecule has 2 atom stereocenters. The molecule has 0 unspecified atom stereocenters. The molecule has 8 nitrogen and oxygen atoms in total. The van der Waals surface area contributed by atoms with Crippen LogP contribution in [0.3, 0.4) is 0 Å². The zero-order chi connectivity index (χ0) is 28.1. The average molecular weight is 536 g/mol. The Morgan fingerprint density at radius 1 is 0.923 bits per heavy atom. The molecule has 0 saturated carbocycles. The summed E-state index contributed by atoms with van der Waals surface area (Å²) in [6.07, 6.45) is 2.57. The molecular weight excluding hydrogens is 498 g/mol. The van der Waals surface area contributed by atoms with Crippen LogP contribution < -0.4 is 24.3 Å². The molecule has 39 heavy (non-hydrogen) atoms. The van der Waals surface area contributed by atoms with Gasteiger partial charge in [0.2, 0.25) is 0 Å². The van der Waals surface area contributed by atoms with Crippen molar-refractivity contribution >= 4 is 11.8 Å². The molecule has 0 radical (unpaired) electrons. The number of carbonyl (C=O) groups excluding carboxylic acids is 2. The van der Waals surface area contributed by atoms with Crippen molar-refractivity contribution in [3.05, 3.63) is 70.1 Å². The van der Waals surface area contributed by atoms with Crippen LogP contribution >= 0.6 is 0 Å². The number of ether oxygens (including phenoxy) is 5. The summed E-state index contributed by atoms with van der Waals surface area (Å²) in [5, 5.41) is 3.40. The normalized spacial score (nSPS) is 18.8. The number of esters is 1. The van der Waals surface area contributed by atoms with E-state index in [1.54, 1.807) is 34.5 Å². The molecule has 1 heterocycles. The monoisotopic (exact) mass is 535 g/mol. The molecule has 2 aromatic carbocycles. The van der Waals surface area contributed by atoms with Gasteiger partial charge >= 0.3 is 5.97 Å². The van der Waals surface area contributed by atoms with Gasteiger partial charge in [-0.25, -0.2) is 4.79 Å². The standard InChI is InChI=1S/C31H37NO7/c1-7-8-13-39-31(34)28-18(2)32-23-14-20(19-9-12-25(36-4)27(16-19)38-6)15-24(33)30(23)29(28)22-11-10-21(35-3)17-26(22)37-5/h9-12,16-17,20,29,32H,7-8,13-15H2,1-6H3/t20-,29-/m1/s1. The third-order valence-electron chi connectivity index (χ3n) is 7.41. The highest BCUT2D eigenvalue weighted by Crippen LogP contribution is 2.48. The van der Waals surface area contributed by atoms with Crippen LogP contribution in [0, 0.1) is 0 Å². The summed E-state index contributed by atoms with van der Waals surface area (Å²) in [5.41, 5.74) is 4.16. The molecule has 1 aliphatic heterocycles. The molecule has 2 aromatic rings. The summed E-state index contributed by atoms with van der Waals surface area (Å²) in [6.45, 7) is 4.21. The quantitative estimate of drug-likeness (QED) is 0.318. The number of benzene rings is 2. The second-order valence-corrected chi connectivity index (χ2v) is 9.73. The number of carbonyl (C=O) groups is 2. The summed E-state index contributed by atoms with van der Waals surface area (Å²) in [7, 11) is 6.34. The van der Waals surface area contributed by atoms with E-state index in [2.05, 4.69) is 5.32 Å². The highest BCUT2D eigenvalue weighted by molar-refractivity contribution is 6.04. The first-order chi connectivity index (χ1) is 18.9. The fraction of sp³-hybridized carbons (Fsp3) is 0.419. The second-order valence-electron chi connectivity index (χ2n) is 9.73. The van der Waals surface area contributed by atoms with Crippen molar-refractivity contribution < 1.29 is 33.3 Å². The molecule has 2 aliphatic rings. The van der Waals surface area contributed by atoms with E-state index in [0.717, 1.165) is 24.1 Å². The maximum atomic E-state index is 13.9. The third kappa shape index (κ3) is 5.60. The molecule has 0 saturated heterocycles. The summed E-state index contributed by atoms with van der Waals surface area (Å²) in [5.74, 6) is 1.26. The van der Waals surface area contributed by atoms with Crippen LogP contribution in [0.4, 0.5) is 0 Å². The van der Waals surface area contributed by atoms with Crippen LogP contribution in [0.1, 0.15) is 62.5 Å². The van der Waals surface area contributed by atoms with Gasteiger partial charge in [-0.15, -0.1) is 0 Å². The van der Waals surface area contributed by atoms with Gasteiger partial charge in [-0.3, -0.25) is 4.79 Å². The SMILES string of the molecule is CCCCOC(=O)C1=C(C)NC2=C(C(=O)C[C@H](c3ccc(OC)c(OC)c3)C2)[C@@H]1c1ccc(OC)cc1OC. The fourth-order valence-electron chi connectivity index (χ4n) is 5.41. The van der Waals surface area contributed by atoms with E-state index in [9.17, 15) is 9.59 Å². The number of unbranched alkanes of at least 4 members (excludes halogenated alkanes) is 1. The predicted octanol–water partition coefficient (Wildman–Crippen LogP) is 5.43. The predicted molar refractivity (Wildman–Crippen MR) is 148 cm³/mol. The van der Waals surface area contributed by atoms with Crippen molar-refractivity contribution in [2.75, 3.05) is 35.0 Å². The van der Waals surface area contributed by atoms with Gasteiger partial charge < -0.3 is 29.0 Å². The molecule has 4 rings (SSSR count). The number of hydrogen-bond donors (Lipinski definition) is 1. The van der Waals surface area contributed by atoms with Crippen molar-refractivity contribution in [3.63, 3.8) is 0 Å². The summed E-state index contributed by atoms with van der Waals surface area (Å²) in [4.78, 5) is 27.4. The Labute approximate surface area is 229 Å². The third-order valence-corrected chi connectivity index (χ3v) is 7.41. The van der Waals surface area contributed by atoms with Gasteiger partial charge in [0.05, 0.1) is 46.5 Å². The molecule has 0 spiro atoms. The minimum Gasteiger partial charge on any atom is -0.497 e. The van der Waals surface area contributed by atoms with Crippen LogP contribution in [0.15, 0.2) is 58.9 Å². The van der Waals surface area contributed by atoms with Gasteiger partial charge in [-0.2, -0.15) is 0 Å². The van der Waals surface area contributed by atoms with Gasteiger partial charge in [-0.05, 0) is 49.4 Å². The number of Topliss-reactive ketones (excluding diaryl/α,β-unsaturated/α-hetero) is 1. The molecule has 0 bridgehead atoms. The Kier molecular flexibility index (Phi) is 8.84. The Balaban J connectivity index is 1.79. The van der Waals surface area contributed by atoms with Gasteiger partial charge in [0.25, 0.3) is 0 Å². The molecule has 8 heteroatoms. The summed E-state index contributed by atoms with van der Waals surface area (Å²) in [6, 6.07) is 11.2. The van der Waals surface area contributed by atoms with Crippen molar-refractivity contribution in [1.82, 2.24) is 5.32 Å². The van der Waals surface area contributed by atoms with E-state index >= 15 is 0 Å². The molecule has 1 aliphatic carbocycles. The molecule has 0 aromatic heterocycles. The van der Waals surface area contributed by atoms with E-state index in [1.165, 1.54) is 0 Å². The van der Waals surface area contributed by atoms with E-state index in [-0.39, 0.29) is 11.7 Å². The Morgan fingerprint density at radius 3 is 2.33 bits per heavy atom. The van der Waals surface area contributed by atoms with E-state index in [4.69, 9.17) is 23.7 Å². The zero-order valence-corrected chi connectivity index (χ0v) is 23.5. The van der Waals surface area contributed by atoms with Crippen LogP contribution in [-0.2, 0) is 14.3 Å². The molecular formula is C31H37NO7. The molecule has 1 N–H and O–H groups in total. The van der Waals surface area contributed by atoms with Gasteiger partial charge in [-0.1, -0.05) is 25.5 Å². The minimum atomic E-state index is -0.630. The Morgan fingerprint density at radius 2 is 1.67 bits per heavy atom. The fourth-order valence-corrected chi connectivity index (χ4v) is 5.41. The van der Waals surface area contributed by atoms with Crippen LogP contribution in [0.5, 0.6) is 23.0 Å². The molecule has 0 amide bonds. The van der Waals surface area contributed by atoms with Crippen LogP contribution in [0.2, 0.25) is 0 Å². The highest BCUT2D eigenvalue weighted by Gasteiger charge is 2.42. The lowest BCUT2D eigenvalue weighted by molar-refractivity contribution is -0.139. The van der Waals surface area contributed by atoms with Crippen molar-refractivity contribution in [2.45, 2.75) is 51.4 Å². The lowest BCUT2D eigenvalue weighted by atomic mass is 9.71. The first-order valence-corrected chi connectivity index (χ1v) is 13.2. The van der Waals surface area contributed by atoms with Crippen molar-refractivity contribution in [2.24, 2.45) is 0 Å². The van der Waals surface area contributed by atoms with Crippen LogP contribution in [-0.4, -0.2) is 46.8 Å². The number of hydrogen-bond acceptors (Lipinski definition) is 8. The largest absolute Gasteiger partial charge is 0.497 e. The van der Waals surface area contributed by atoms with Gasteiger partial charge in [0, 0.05) is 35.0 Å². The average Bonchev–Trinajstić information content (AvgIpc) is 2.95. The smallest absolute Gasteiger partial charge is 0.336 e. The Bertz CT molecular complexity index is 1310. The maximum absolute atomic E-state index is 13.9. The van der Waals surface area contributed by atoms with Crippen molar-refractivity contribution in [3.8, 4) is 23.0 Å². The number of methoxy groups -OCH3 is 4. The summed E-state index contributed by atoms with van der Waals surface area (Å²) < 4.78 is 27.6.